The van der Waals surface area contributed by atoms with Gasteiger partial charge in [0.05, 0.1) is 12.6 Å². The van der Waals surface area contributed by atoms with E-state index in [1.54, 1.807) is 12.0 Å². The van der Waals surface area contributed by atoms with Gasteiger partial charge < -0.3 is 15.0 Å². The fourth-order valence-corrected chi connectivity index (χ4v) is 3.04. The van der Waals surface area contributed by atoms with Gasteiger partial charge in [-0.05, 0) is 44.9 Å². The van der Waals surface area contributed by atoms with Crippen LogP contribution in [-0.4, -0.2) is 63.2 Å². The van der Waals surface area contributed by atoms with Gasteiger partial charge in [-0.1, -0.05) is 18.2 Å². The summed E-state index contributed by atoms with van der Waals surface area (Å²) < 4.78 is 4.96. The Hall–Kier alpha value is -1.92. The van der Waals surface area contributed by atoms with Gasteiger partial charge in [-0.2, -0.15) is 0 Å². The summed E-state index contributed by atoms with van der Waals surface area (Å²) in [5.74, 6) is -0.0286. The SMILES string of the molecule is COCCCNC(=O)CN(C)C(C)C(=O)N1CCCc2ccccc21. The minimum Gasteiger partial charge on any atom is -0.385 e. The van der Waals surface area contributed by atoms with Crippen LogP contribution in [0.1, 0.15) is 25.3 Å². The van der Waals surface area contributed by atoms with Crippen molar-refractivity contribution in [2.24, 2.45) is 0 Å². The number of fused-ring (bicyclic) bond motifs is 1. The van der Waals surface area contributed by atoms with E-state index in [0.29, 0.717) is 13.2 Å². The van der Waals surface area contributed by atoms with Gasteiger partial charge in [0.15, 0.2) is 0 Å². The van der Waals surface area contributed by atoms with E-state index in [-0.39, 0.29) is 24.4 Å². The predicted octanol–water partition coefficient (Wildman–Crippen LogP) is 1.44. The number of aryl methyl sites for hydroxylation is 1. The number of amides is 2. The molecule has 0 spiro atoms. The average molecular weight is 347 g/mol. The van der Waals surface area contributed by atoms with E-state index in [4.69, 9.17) is 4.74 Å². The number of likely N-dealkylation sites (N-methyl/N-ethyl adjacent to an activating group) is 1. The van der Waals surface area contributed by atoms with Crippen LogP contribution in [0.15, 0.2) is 24.3 Å². The summed E-state index contributed by atoms with van der Waals surface area (Å²) in [6.07, 6.45) is 2.76. The molecule has 0 fully saturated rings. The molecule has 0 saturated heterocycles. The van der Waals surface area contributed by atoms with Gasteiger partial charge >= 0.3 is 0 Å². The Bertz CT molecular complexity index is 591. The number of carbonyl (C=O) groups excluding carboxylic acids is 2. The summed E-state index contributed by atoms with van der Waals surface area (Å²) in [5.41, 5.74) is 2.22. The molecule has 6 heteroatoms. The largest absolute Gasteiger partial charge is 0.385 e. The molecule has 0 aliphatic carbocycles. The molecule has 1 N–H and O–H groups in total. The van der Waals surface area contributed by atoms with Crippen LogP contribution < -0.4 is 10.2 Å². The summed E-state index contributed by atoms with van der Waals surface area (Å²) in [4.78, 5) is 28.6. The van der Waals surface area contributed by atoms with Crippen LogP contribution in [0.3, 0.4) is 0 Å². The lowest BCUT2D eigenvalue weighted by molar-refractivity contribution is -0.126. The second-order valence-electron chi connectivity index (χ2n) is 6.51. The lowest BCUT2D eigenvalue weighted by Gasteiger charge is -2.34. The smallest absolute Gasteiger partial charge is 0.244 e. The number of hydrogen-bond donors (Lipinski definition) is 1. The monoisotopic (exact) mass is 347 g/mol. The second kappa shape index (κ2) is 9.53. The maximum absolute atomic E-state index is 12.9. The highest BCUT2D eigenvalue weighted by molar-refractivity contribution is 5.98. The number of hydrogen-bond acceptors (Lipinski definition) is 4. The van der Waals surface area contributed by atoms with Crippen molar-refractivity contribution < 1.29 is 14.3 Å². The van der Waals surface area contributed by atoms with Crippen LogP contribution in [0.25, 0.3) is 0 Å². The number of para-hydroxylation sites is 1. The third-order valence-corrected chi connectivity index (χ3v) is 4.64. The van der Waals surface area contributed by atoms with E-state index in [1.807, 2.05) is 37.1 Å². The van der Waals surface area contributed by atoms with Crippen LogP contribution in [-0.2, 0) is 20.7 Å². The maximum atomic E-state index is 12.9. The summed E-state index contributed by atoms with van der Waals surface area (Å²) in [5, 5.41) is 2.85. The Morgan fingerprint density at radius 3 is 2.88 bits per heavy atom. The first-order chi connectivity index (χ1) is 12.0. The number of ether oxygens (including phenoxy) is 1. The lowest BCUT2D eigenvalue weighted by atomic mass is 10.0. The molecule has 1 aliphatic heterocycles. The molecule has 0 bridgehead atoms. The molecule has 0 radical (unpaired) electrons. The van der Waals surface area contributed by atoms with Crippen LogP contribution >= 0.6 is 0 Å². The molecule has 1 aliphatic rings. The number of benzene rings is 1. The van der Waals surface area contributed by atoms with Crippen molar-refractivity contribution in [3.63, 3.8) is 0 Å². The molecule has 1 unspecified atom stereocenters. The molecule has 2 rings (SSSR count). The number of nitrogens with one attached hydrogen (secondary N) is 1. The van der Waals surface area contributed by atoms with E-state index < -0.39 is 0 Å². The fraction of sp³-hybridized carbons (Fsp3) is 0.579. The zero-order valence-electron chi connectivity index (χ0n) is 15.5. The Balaban J connectivity index is 1.90. The Morgan fingerprint density at radius 2 is 2.12 bits per heavy atom. The van der Waals surface area contributed by atoms with E-state index >= 15 is 0 Å². The molecule has 1 aromatic carbocycles. The molecule has 1 aromatic rings. The van der Waals surface area contributed by atoms with Crippen LogP contribution in [0.4, 0.5) is 5.69 Å². The van der Waals surface area contributed by atoms with E-state index in [0.717, 1.165) is 31.5 Å². The molecule has 6 nitrogen and oxygen atoms in total. The highest BCUT2D eigenvalue weighted by atomic mass is 16.5. The van der Waals surface area contributed by atoms with Crippen molar-refractivity contribution in [2.45, 2.75) is 32.2 Å². The van der Waals surface area contributed by atoms with Gasteiger partial charge in [0.1, 0.15) is 0 Å². The zero-order chi connectivity index (χ0) is 18.2. The van der Waals surface area contributed by atoms with E-state index in [2.05, 4.69) is 11.4 Å². The Morgan fingerprint density at radius 1 is 1.36 bits per heavy atom. The minimum absolute atomic E-state index is 0.0434. The van der Waals surface area contributed by atoms with Gasteiger partial charge in [-0.3, -0.25) is 14.5 Å². The summed E-state index contributed by atoms with van der Waals surface area (Å²) >= 11 is 0. The summed E-state index contributed by atoms with van der Waals surface area (Å²) in [6.45, 7) is 4.01. The van der Waals surface area contributed by atoms with Gasteiger partial charge in [0.25, 0.3) is 0 Å². The van der Waals surface area contributed by atoms with Crippen molar-refractivity contribution in [3.8, 4) is 0 Å². The first-order valence-corrected chi connectivity index (χ1v) is 8.89. The lowest BCUT2D eigenvalue weighted by Crippen LogP contribution is -2.50. The molecular formula is C19H29N3O3. The number of rotatable bonds is 8. The Kier molecular flexibility index (Phi) is 7.40. The summed E-state index contributed by atoms with van der Waals surface area (Å²) in [7, 11) is 3.45. The van der Waals surface area contributed by atoms with E-state index in [1.165, 1.54) is 5.56 Å². The highest BCUT2D eigenvalue weighted by Crippen LogP contribution is 2.27. The van der Waals surface area contributed by atoms with Crippen molar-refractivity contribution in [1.82, 2.24) is 10.2 Å². The third kappa shape index (κ3) is 5.28. The van der Waals surface area contributed by atoms with Crippen molar-refractivity contribution in [3.05, 3.63) is 29.8 Å². The topological polar surface area (TPSA) is 61.9 Å². The molecule has 2 amide bonds. The Labute approximate surface area is 150 Å². The summed E-state index contributed by atoms with van der Waals surface area (Å²) in [6, 6.07) is 7.71. The van der Waals surface area contributed by atoms with E-state index in [9.17, 15) is 9.59 Å². The number of carbonyl (C=O) groups is 2. The fourth-order valence-electron chi connectivity index (χ4n) is 3.04. The molecule has 138 valence electrons. The van der Waals surface area contributed by atoms with Crippen molar-refractivity contribution in [1.29, 1.82) is 0 Å². The van der Waals surface area contributed by atoms with Gasteiger partial charge in [-0.15, -0.1) is 0 Å². The maximum Gasteiger partial charge on any atom is 0.244 e. The standard InChI is InChI=1S/C19H29N3O3/c1-15(21(2)14-18(23)20-11-7-13-25-3)19(24)22-12-6-9-16-8-4-5-10-17(16)22/h4-5,8,10,15H,6-7,9,11-14H2,1-3H3,(H,20,23). The molecule has 1 atom stereocenters. The third-order valence-electron chi connectivity index (χ3n) is 4.64. The molecule has 25 heavy (non-hydrogen) atoms. The van der Waals surface area contributed by atoms with Gasteiger partial charge in [0, 0.05) is 32.5 Å². The quantitative estimate of drug-likeness (QED) is 0.723. The molecule has 0 saturated carbocycles. The number of anilines is 1. The first kappa shape index (κ1) is 19.4. The van der Waals surface area contributed by atoms with Crippen LogP contribution in [0, 0.1) is 0 Å². The number of nitrogens with zero attached hydrogens (tertiary/aromatic N) is 2. The van der Waals surface area contributed by atoms with Crippen molar-refractivity contribution in [2.75, 3.05) is 45.3 Å². The highest BCUT2D eigenvalue weighted by Gasteiger charge is 2.28. The second-order valence-corrected chi connectivity index (χ2v) is 6.51. The van der Waals surface area contributed by atoms with Gasteiger partial charge in [-0.25, -0.2) is 0 Å². The number of methoxy groups -OCH3 is 1. The first-order valence-electron chi connectivity index (χ1n) is 8.89. The average Bonchev–Trinajstić information content (AvgIpc) is 2.63. The van der Waals surface area contributed by atoms with Gasteiger partial charge in [0.2, 0.25) is 11.8 Å². The zero-order valence-corrected chi connectivity index (χ0v) is 15.5. The van der Waals surface area contributed by atoms with Crippen molar-refractivity contribution >= 4 is 17.5 Å². The molecule has 0 aromatic heterocycles. The minimum atomic E-state index is -0.351. The van der Waals surface area contributed by atoms with Crippen LogP contribution in [0.5, 0.6) is 0 Å². The molecular weight excluding hydrogens is 318 g/mol. The van der Waals surface area contributed by atoms with Crippen LogP contribution in [0.2, 0.25) is 0 Å². The molecule has 1 heterocycles. The normalized spacial score (nSPS) is 15.0. The predicted molar refractivity (Wildman–Crippen MR) is 98.7 cm³/mol.